The van der Waals surface area contributed by atoms with E-state index < -0.39 is 11.0 Å². The third kappa shape index (κ3) is 3.49. The summed E-state index contributed by atoms with van der Waals surface area (Å²) in [6, 6.07) is 19.1. The SMILES string of the molecule is CC1=C(C(=O)Nc2ccc(C)cc2C)C(c2ccccc2[N+](=O)[O-])n2c(nc3ccccc32)N1. The molecule has 8 heteroatoms. The maximum absolute atomic E-state index is 13.7. The van der Waals surface area contributed by atoms with E-state index in [1.807, 2.05) is 60.9 Å². The lowest BCUT2D eigenvalue weighted by atomic mass is 9.93. The molecule has 2 heterocycles. The molecular weight excluding hydrogens is 430 g/mol. The highest BCUT2D eigenvalue weighted by molar-refractivity contribution is 6.07. The van der Waals surface area contributed by atoms with E-state index in [0.29, 0.717) is 28.5 Å². The molecule has 0 saturated carbocycles. The smallest absolute Gasteiger partial charge is 0.275 e. The molecule has 2 N–H and O–H groups in total. The Bertz CT molecular complexity index is 1500. The van der Waals surface area contributed by atoms with E-state index in [1.165, 1.54) is 6.07 Å². The third-order valence-corrected chi connectivity index (χ3v) is 6.13. The Hall–Kier alpha value is -4.46. The molecule has 0 aliphatic carbocycles. The van der Waals surface area contributed by atoms with Crippen molar-refractivity contribution in [1.29, 1.82) is 0 Å². The highest BCUT2D eigenvalue weighted by atomic mass is 16.6. The summed E-state index contributed by atoms with van der Waals surface area (Å²) in [6.07, 6.45) is 0. The van der Waals surface area contributed by atoms with Crippen molar-refractivity contribution in [2.45, 2.75) is 26.8 Å². The van der Waals surface area contributed by atoms with Gasteiger partial charge in [-0.2, -0.15) is 0 Å². The Morgan fingerprint density at radius 3 is 2.56 bits per heavy atom. The Balaban J connectivity index is 1.71. The van der Waals surface area contributed by atoms with E-state index in [2.05, 4.69) is 15.6 Å². The normalized spacial score (nSPS) is 15.1. The first-order valence-electron chi connectivity index (χ1n) is 10.9. The van der Waals surface area contributed by atoms with Crippen LogP contribution in [0.15, 0.2) is 78.0 Å². The molecule has 170 valence electrons. The number of hydrogen-bond donors (Lipinski definition) is 2. The fourth-order valence-corrected chi connectivity index (χ4v) is 4.58. The highest BCUT2D eigenvalue weighted by Crippen LogP contribution is 2.42. The second kappa shape index (κ2) is 8.15. The Kier molecular flexibility index (Phi) is 5.13. The van der Waals surface area contributed by atoms with Gasteiger partial charge in [0.2, 0.25) is 5.95 Å². The van der Waals surface area contributed by atoms with Crippen molar-refractivity contribution in [2.75, 3.05) is 10.6 Å². The lowest BCUT2D eigenvalue weighted by Gasteiger charge is -2.30. The number of nitrogens with zero attached hydrogens (tertiary/aromatic N) is 3. The number of rotatable bonds is 4. The second-order valence-corrected chi connectivity index (χ2v) is 8.45. The van der Waals surface area contributed by atoms with Gasteiger partial charge in [-0.25, -0.2) is 4.98 Å². The number of fused-ring (bicyclic) bond motifs is 3. The molecule has 0 saturated heterocycles. The molecule has 4 aromatic rings. The van der Waals surface area contributed by atoms with E-state index in [-0.39, 0.29) is 11.6 Å². The molecule has 3 aromatic carbocycles. The minimum Gasteiger partial charge on any atom is -0.329 e. The lowest BCUT2D eigenvalue weighted by Crippen LogP contribution is -2.31. The van der Waals surface area contributed by atoms with Gasteiger partial charge in [-0.1, -0.05) is 42.0 Å². The average Bonchev–Trinajstić information content (AvgIpc) is 3.17. The van der Waals surface area contributed by atoms with Crippen LogP contribution in [0.4, 0.5) is 17.3 Å². The molecule has 5 rings (SSSR count). The first-order valence-corrected chi connectivity index (χ1v) is 10.9. The summed E-state index contributed by atoms with van der Waals surface area (Å²) in [5, 5.41) is 18.2. The molecule has 1 amide bonds. The Morgan fingerprint density at radius 2 is 1.79 bits per heavy atom. The van der Waals surface area contributed by atoms with Crippen molar-refractivity contribution >= 4 is 34.3 Å². The van der Waals surface area contributed by atoms with Crippen LogP contribution in [0.5, 0.6) is 0 Å². The number of carbonyl (C=O) groups is 1. The van der Waals surface area contributed by atoms with E-state index in [4.69, 9.17) is 0 Å². The van der Waals surface area contributed by atoms with Crippen LogP contribution in [0.2, 0.25) is 0 Å². The van der Waals surface area contributed by atoms with Crippen molar-refractivity contribution in [3.63, 3.8) is 0 Å². The van der Waals surface area contributed by atoms with Crippen molar-refractivity contribution in [3.05, 3.63) is 105 Å². The van der Waals surface area contributed by atoms with Gasteiger partial charge in [0, 0.05) is 17.5 Å². The number of aryl methyl sites for hydroxylation is 2. The summed E-state index contributed by atoms with van der Waals surface area (Å²) in [5.41, 5.74) is 5.58. The summed E-state index contributed by atoms with van der Waals surface area (Å²) in [6.45, 7) is 5.72. The van der Waals surface area contributed by atoms with Gasteiger partial charge in [-0.15, -0.1) is 0 Å². The van der Waals surface area contributed by atoms with E-state index in [1.54, 1.807) is 25.1 Å². The quantitative estimate of drug-likeness (QED) is 0.314. The maximum atomic E-state index is 13.7. The van der Waals surface area contributed by atoms with Crippen LogP contribution in [-0.4, -0.2) is 20.4 Å². The van der Waals surface area contributed by atoms with Gasteiger partial charge in [-0.05, 0) is 50.6 Å². The number of nitrogens with one attached hydrogen (secondary N) is 2. The zero-order chi connectivity index (χ0) is 24.0. The molecular formula is C26H23N5O3. The first-order chi connectivity index (χ1) is 16.3. The molecule has 1 aliphatic rings. The summed E-state index contributed by atoms with van der Waals surface area (Å²) < 4.78 is 1.86. The monoisotopic (exact) mass is 453 g/mol. The molecule has 0 spiro atoms. The number of carbonyl (C=O) groups excluding carboxylic acids is 1. The van der Waals surface area contributed by atoms with Crippen molar-refractivity contribution < 1.29 is 9.72 Å². The van der Waals surface area contributed by atoms with Crippen LogP contribution in [0.3, 0.4) is 0 Å². The van der Waals surface area contributed by atoms with Crippen molar-refractivity contribution in [1.82, 2.24) is 9.55 Å². The van der Waals surface area contributed by atoms with Crippen LogP contribution in [0.1, 0.15) is 29.7 Å². The first kappa shape index (κ1) is 21.4. The van der Waals surface area contributed by atoms with Crippen LogP contribution < -0.4 is 10.6 Å². The van der Waals surface area contributed by atoms with Gasteiger partial charge in [0.15, 0.2) is 0 Å². The van der Waals surface area contributed by atoms with Gasteiger partial charge in [0.05, 0.1) is 27.1 Å². The standard InChI is InChI=1S/C26H23N5O3/c1-15-12-13-19(16(2)14-15)28-25(32)23-17(3)27-26-29-20-9-5-7-11-22(20)30(26)24(23)18-8-4-6-10-21(18)31(33)34/h4-14,24H,1-3H3,(H,27,29)(H,28,32). The number of benzene rings is 3. The van der Waals surface area contributed by atoms with Gasteiger partial charge in [0.1, 0.15) is 6.04 Å². The fraction of sp³-hybridized carbons (Fsp3) is 0.154. The maximum Gasteiger partial charge on any atom is 0.275 e. The number of aromatic nitrogens is 2. The summed E-state index contributed by atoms with van der Waals surface area (Å²) in [7, 11) is 0. The van der Waals surface area contributed by atoms with E-state index in [0.717, 1.165) is 22.2 Å². The number of nitro groups is 1. The van der Waals surface area contributed by atoms with Gasteiger partial charge < -0.3 is 10.6 Å². The molecule has 0 fully saturated rings. The minimum atomic E-state index is -0.740. The second-order valence-electron chi connectivity index (χ2n) is 8.45. The predicted octanol–water partition coefficient (Wildman–Crippen LogP) is 5.49. The largest absolute Gasteiger partial charge is 0.329 e. The number of nitro benzene ring substituents is 1. The van der Waals surface area contributed by atoms with E-state index >= 15 is 0 Å². The Morgan fingerprint density at radius 1 is 1.06 bits per heavy atom. The molecule has 0 radical (unpaired) electrons. The molecule has 1 unspecified atom stereocenters. The fourth-order valence-electron chi connectivity index (χ4n) is 4.58. The van der Waals surface area contributed by atoms with Crippen LogP contribution in [0.25, 0.3) is 11.0 Å². The van der Waals surface area contributed by atoms with Crippen molar-refractivity contribution in [2.24, 2.45) is 0 Å². The molecule has 0 bridgehead atoms. The van der Waals surface area contributed by atoms with Crippen LogP contribution in [0, 0.1) is 24.0 Å². The zero-order valence-electron chi connectivity index (χ0n) is 19.0. The van der Waals surface area contributed by atoms with Gasteiger partial charge >= 0.3 is 0 Å². The molecule has 34 heavy (non-hydrogen) atoms. The number of anilines is 2. The summed E-state index contributed by atoms with van der Waals surface area (Å²) in [4.78, 5) is 29.9. The molecule has 1 atom stereocenters. The Labute approximate surface area is 196 Å². The minimum absolute atomic E-state index is 0.0530. The van der Waals surface area contributed by atoms with Gasteiger partial charge in [0.25, 0.3) is 11.6 Å². The molecule has 1 aromatic heterocycles. The topological polar surface area (TPSA) is 102 Å². The number of allylic oxidation sites excluding steroid dienone is 1. The summed E-state index contributed by atoms with van der Waals surface area (Å²) >= 11 is 0. The van der Waals surface area contributed by atoms with Gasteiger partial charge in [-0.3, -0.25) is 19.5 Å². The summed E-state index contributed by atoms with van der Waals surface area (Å²) in [5.74, 6) is 0.202. The number of para-hydroxylation sites is 3. The number of hydrogen-bond acceptors (Lipinski definition) is 5. The predicted molar refractivity (Wildman–Crippen MR) is 132 cm³/mol. The third-order valence-electron chi connectivity index (χ3n) is 6.13. The molecule has 8 nitrogen and oxygen atoms in total. The molecule has 1 aliphatic heterocycles. The van der Waals surface area contributed by atoms with Crippen LogP contribution >= 0.6 is 0 Å². The van der Waals surface area contributed by atoms with E-state index in [9.17, 15) is 14.9 Å². The lowest BCUT2D eigenvalue weighted by molar-refractivity contribution is -0.385. The highest BCUT2D eigenvalue weighted by Gasteiger charge is 2.37. The van der Waals surface area contributed by atoms with Crippen molar-refractivity contribution in [3.8, 4) is 0 Å². The average molecular weight is 454 g/mol. The zero-order valence-corrected chi connectivity index (χ0v) is 19.0. The number of amides is 1. The number of imidazole rings is 1. The van der Waals surface area contributed by atoms with Crippen LogP contribution in [-0.2, 0) is 4.79 Å².